The highest BCUT2D eigenvalue weighted by Gasteiger charge is 2.11. The molecule has 0 aliphatic rings. The van der Waals surface area contributed by atoms with Gasteiger partial charge in [-0.3, -0.25) is 4.79 Å². The Labute approximate surface area is 171 Å². The zero-order valence-electron chi connectivity index (χ0n) is 17.4. The molecule has 1 amide bonds. The Kier molecular flexibility index (Phi) is 7.11. The lowest BCUT2D eigenvalue weighted by Gasteiger charge is -2.12. The highest BCUT2D eigenvalue weighted by molar-refractivity contribution is 5.77. The lowest BCUT2D eigenvalue weighted by molar-refractivity contribution is -0.123. The van der Waals surface area contributed by atoms with Crippen LogP contribution in [0.2, 0.25) is 0 Å². The highest BCUT2D eigenvalue weighted by Crippen LogP contribution is 2.19. The molecular weight excluding hydrogens is 366 g/mol. The van der Waals surface area contributed by atoms with E-state index in [1.54, 1.807) is 7.11 Å². The van der Waals surface area contributed by atoms with E-state index >= 15 is 0 Å². The van der Waals surface area contributed by atoms with E-state index in [0.29, 0.717) is 19.7 Å². The van der Waals surface area contributed by atoms with Crippen molar-refractivity contribution in [3.63, 3.8) is 0 Å². The van der Waals surface area contributed by atoms with Crippen LogP contribution in [-0.4, -0.2) is 35.7 Å². The Morgan fingerprint density at radius 1 is 1.10 bits per heavy atom. The van der Waals surface area contributed by atoms with E-state index in [-0.39, 0.29) is 11.8 Å². The number of carbonyl (C=O) groups excluding carboxylic acids is 1. The number of ether oxygens (including phenoxy) is 2. The monoisotopic (exact) mass is 395 g/mol. The smallest absolute Gasteiger partial charge is 0.222 e. The van der Waals surface area contributed by atoms with Gasteiger partial charge in [0.25, 0.3) is 0 Å². The van der Waals surface area contributed by atoms with Crippen molar-refractivity contribution in [2.24, 2.45) is 5.92 Å². The number of hydrogen-bond donors (Lipinski definition) is 1. The lowest BCUT2D eigenvalue weighted by atomic mass is 10.2. The van der Waals surface area contributed by atoms with Gasteiger partial charge in [-0.1, -0.05) is 26.0 Å². The molecule has 1 heterocycles. The van der Waals surface area contributed by atoms with E-state index in [9.17, 15) is 4.79 Å². The van der Waals surface area contributed by atoms with Crippen molar-refractivity contribution in [3.05, 3.63) is 54.4 Å². The standard InChI is InChI=1S/C23H29N3O3/c1-17(2)23(27)24-14-6-9-22-25-20-7-4-5-8-21(20)26(22)15-16-29-19-12-10-18(28-3)11-13-19/h4-5,7-8,10-13,17H,6,9,14-16H2,1-3H3,(H,24,27). The molecule has 3 aromatic rings. The van der Waals surface area contributed by atoms with Gasteiger partial charge in [0.2, 0.25) is 5.91 Å². The molecule has 0 aliphatic carbocycles. The van der Waals surface area contributed by atoms with Gasteiger partial charge < -0.3 is 19.4 Å². The maximum atomic E-state index is 11.7. The molecule has 0 fully saturated rings. The molecule has 6 nitrogen and oxygen atoms in total. The van der Waals surface area contributed by atoms with Crippen molar-refractivity contribution in [1.29, 1.82) is 0 Å². The minimum absolute atomic E-state index is 0.00896. The summed E-state index contributed by atoms with van der Waals surface area (Å²) in [7, 11) is 1.65. The summed E-state index contributed by atoms with van der Waals surface area (Å²) in [5.74, 6) is 2.74. The molecule has 29 heavy (non-hydrogen) atoms. The van der Waals surface area contributed by atoms with Crippen LogP contribution in [0.25, 0.3) is 11.0 Å². The predicted molar refractivity (Wildman–Crippen MR) is 114 cm³/mol. The van der Waals surface area contributed by atoms with Crippen LogP contribution in [0.3, 0.4) is 0 Å². The Balaban J connectivity index is 1.62. The number of fused-ring (bicyclic) bond motifs is 1. The van der Waals surface area contributed by atoms with E-state index in [0.717, 1.165) is 41.2 Å². The van der Waals surface area contributed by atoms with Crippen molar-refractivity contribution in [3.8, 4) is 11.5 Å². The topological polar surface area (TPSA) is 65.4 Å². The number of carbonyl (C=O) groups is 1. The summed E-state index contributed by atoms with van der Waals surface area (Å²) in [6, 6.07) is 15.7. The summed E-state index contributed by atoms with van der Waals surface area (Å²) in [6.07, 6.45) is 1.65. The normalized spacial score (nSPS) is 11.0. The third-order valence-electron chi connectivity index (χ3n) is 4.78. The summed E-state index contributed by atoms with van der Waals surface area (Å²) in [6.45, 7) is 5.71. The van der Waals surface area contributed by atoms with Gasteiger partial charge in [-0.2, -0.15) is 0 Å². The number of amides is 1. The van der Waals surface area contributed by atoms with E-state index in [2.05, 4.69) is 16.0 Å². The minimum atomic E-state index is 0.00896. The molecule has 1 aromatic heterocycles. The maximum absolute atomic E-state index is 11.7. The Hall–Kier alpha value is -3.02. The van der Waals surface area contributed by atoms with Crippen LogP contribution in [0.5, 0.6) is 11.5 Å². The number of nitrogens with one attached hydrogen (secondary N) is 1. The van der Waals surface area contributed by atoms with Crippen LogP contribution >= 0.6 is 0 Å². The predicted octanol–water partition coefficient (Wildman–Crippen LogP) is 3.83. The summed E-state index contributed by atoms with van der Waals surface area (Å²) >= 11 is 0. The summed E-state index contributed by atoms with van der Waals surface area (Å²) in [5, 5.41) is 2.97. The van der Waals surface area contributed by atoms with Gasteiger partial charge in [-0.15, -0.1) is 0 Å². The van der Waals surface area contributed by atoms with E-state index in [1.807, 2.05) is 56.3 Å². The molecule has 6 heteroatoms. The largest absolute Gasteiger partial charge is 0.497 e. The number of rotatable bonds is 10. The minimum Gasteiger partial charge on any atom is -0.497 e. The number of aromatic nitrogens is 2. The molecular formula is C23H29N3O3. The zero-order chi connectivity index (χ0) is 20.6. The molecule has 3 rings (SSSR count). The molecule has 0 aliphatic heterocycles. The quantitative estimate of drug-likeness (QED) is 0.530. The van der Waals surface area contributed by atoms with Crippen LogP contribution in [0.4, 0.5) is 0 Å². The first kappa shape index (κ1) is 20.7. The molecule has 2 aromatic carbocycles. The van der Waals surface area contributed by atoms with Gasteiger partial charge >= 0.3 is 0 Å². The van der Waals surface area contributed by atoms with Gasteiger partial charge in [-0.05, 0) is 42.8 Å². The number of hydrogen-bond acceptors (Lipinski definition) is 4. The van der Waals surface area contributed by atoms with Crippen LogP contribution < -0.4 is 14.8 Å². The molecule has 0 radical (unpaired) electrons. The number of para-hydroxylation sites is 2. The third kappa shape index (κ3) is 5.50. The van der Waals surface area contributed by atoms with Gasteiger partial charge in [0.1, 0.15) is 23.9 Å². The fourth-order valence-corrected chi connectivity index (χ4v) is 3.15. The maximum Gasteiger partial charge on any atom is 0.222 e. The van der Waals surface area contributed by atoms with Crippen LogP contribution in [0.1, 0.15) is 26.1 Å². The summed E-state index contributed by atoms with van der Waals surface area (Å²) < 4.78 is 13.3. The second-order valence-electron chi connectivity index (χ2n) is 7.24. The number of methoxy groups -OCH3 is 1. The van der Waals surface area contributed by atoms with Gasteiger partial charge in [0.05, 0.1) is 24.7 Å². The van der Waals surface area contributed by atoms with Crippen molar-refractivity contribution < 1.29 is 14.3 Å². The first-order chi connectivity index (χ1) is 14.1. The Bertz CT molecular complexity index is 932. The van der Waals surface area contributed by atoms with Gasteiger partial charge in [-0.25, -0.2) is 4.98 Å². The van der Waals surface area contributed by atoms with Crippen molar-refractivity contribution in [2.75, 3.05) is 20.3 Å². The number of aryl methyl sites for hydroxylation is 1. The van der Waals surface area contributed by atoms with Gasteiger partial charge in [0.15, 0.2) is 0 Å². The lowest BCUT2D eigenvalue weighted by Crippen LogP contribution is -2.28. The Morgan fingerprint density at radius 2 is 1.83 bits per heavy atom. The van der Waals surface area contributed by atoms with Gasteiger partial charge in [0, 0.05) is 18.9 Å². The first-order valence-electron chi connectivity index (χ1n) is 10.1. The van der Waals surface area contributed by atoms with Crippen molar-refractivity contribution in [2.45, 2.75) is 33.2 Å². The molecule has 0 atom stereocenters. The van der Waals surface area contributed by atoms with E-state index < -0.39 is 0 Å². The summed E-state index contributed by atoms with van der Waals surface area (Å²) in [4.78, 5) is 16.5. The zero-order valence-corrected chi connectivity index (χ0v) is 17.4. The fourth-order valence-electron chi connectivity index (χ4n) is 3.15. The highest BCUT2D eigenvalue weighted by atomic mass is 16.5. The molecule has 1 N–H and O–H groups in total. The third-order valence-corrected chi connectivity index (χ3v) is 4.78. The molecule has 0 saturated carbocycles. The molecule has 0 bridgehead atoms. The second kappa shape index (κ2) is 9.96. The van der Waals surface area contributed by atoms with Crippen LogP contribution in [0.15, 0.2) is 48.5 Å². The molecule has 0 spiro atoms. The molecule has 0 saturated heterocycles. The van der Waals surface area contributed by atoms with Crippen molar-refractivity contribution in [1.82, 2.24) is 14.9 Å². The van der Waals surface area contributed by atoms with Crippen LogP contribution in [-0.2, 0) is 17.8 Å². The second-order valence-corrected chi connectivity index (χ2v) is 7.24. The number of nitrogens with zero attached hydrogens (tertiary/aromatic N) is 2. The molecule has 0 unspecified atom stereocenters. The summed E-state index contributed by atoms with van der Waals surface area (Å²) in [5.41, 5.74) is 2.09. The van der Waals surface area contributed by atoms with Crippen molar-refractivity contribution >= 4 is 16.9 Å². The number of benzene rings is 2. The van der Waals surface area contributed by atoms with Crippen LogP contribution in [0, 0.1) is 5.92 Å². The fraction of sp³-hybridized carbons (Fsp3) is 0.391. The average molecular weight is 396 g/mol. The molecule has 154 valence electrons. The number of imidazole rings is 1. The Morgan fingerprint density at radius 3 is 2.55 bits per heavy atom. The SMILES string of the molecule is COc1ccc(OCCn2c(CCCNC(=O)C(C)C)nc3ccccc32)cc1. The first-order valence-corrected chi connectivity index (χ1v) is 10.1. The van der Waals surface area contributed by atoms with E-state index in [4.69, 9.17) is 14.5 Å². The van der Waals surface area contributed by atoms with E-state index in [1.165, 1.54) is 0 Å². The average Bonchev–Trinajstić information content (AvgIpc) is 3.09.